The van der Waals surface area contributed by atoms with Crippen LogP contribution in [0.2, 0.25) is 0 Å². The second-order valence-corrected chi connectivity index (χ2v) is 4.26. The number of H-pyrrole nitrogens is 1. The molecule has 1 N–H and O–H groups in total. The number of nitrogens with one attached hydrogen (secondary N) is 1. The van der Waals surface area contributed by atoms with Crippen molar-refractivity contribution < 1.29 is 14.3 Å². The van der Waals surface area contributed by atoms with Crippen LogP contribution < -0.4 is 0 Å². The Labute approximate surface area is 98.1 Å². The van der Waals surface area contributed by atoms with Crippen LogP contribution in [0.5, 0.6) is 0 Å². The molecule has 1 aromatic rings. The van der Waals surface area contributed by atoms with Crippen molar-refractivity contribution in [2.45, 2.75) is 18.6 Å². The average molecular weight is 238 g/mol. The molecule has 3 rings (SSSR count). The summed E-state index contributed by atoms with van der Waals surface area (Å²) in [7, 11) is 0. The predicted molar refractivity (Wildman–Crippen MR) is 56.2 cm³/mol. The number of rotatable bonds is 1. The van der Waals surface area contributed by atoms with Gasteiger partial charge < -0.3 is 14.4 Å². The van der Waals surface area contributed by atoms with Gasteiger partial charge >= 0.3 is 0 Å². The second-order valence-electron chi connectivity index (χ2n) is 4.26. The Morgan fingerprint density at radius 3 is 2.65 bits per heavy atom. The first-order valence-electron chi connectivity index (χ1n) is 5.72. The molecule has 0 aromatic carbocycles. The van der Waals surface area contributed by atoms with Gasteiger partial charge in [-0.3, -0.25) is 4.79 Å². The molecule has 1 amide bonds. The van der Waals surface area contributed by atoms with Crippen LogP contribution in [0.15, 0.2) is 6.20 Å². The Kier molecular flexibility index (Phi) is 2.56. The molecule has 7 nitrogen and oxygen atoms in total. The van der Waals surface area contributed by atoms with Gasteiger partial charge in [-0.2, -0.15) is 15.4 Å². The Balaban J connectivity index is 1.63. The van der Waals surface area contributed by atoms with E-state index in [9.17, 15) is 4.79 Å². The summed E-state index contributed by atoms with van der Waals surface area (Å²) in [4.78, 5) is 13.7. The third kappa shape index (κ3) is 1.91. The highest BCUT2D eigenvalue weighted by molar-refractivity contribution is 5.91. The smallest absolute Gasteiger partial charge is 0.276 e. The van der Waals surface area contributed by atoms with E-state index in [0.717, 1.165) is 12.8 Å². The Morgan fingerprint density at radius 1 is 1.35 bits per heavy atom. The van der Waals surface area contributed by atoms with E-state index in [-0.39, 0.29) is 5.91 Å². The summed E-state index contributed by atoms with van der Waals surface area (Å²) in [6, 6.07) is 0. The van der Waals surface area contributed by atoms with Gasteiger partial charge in [0.05, 0.1) is 19.4 Å². The van der Waals surface area contributed by atoms with Crippen molar-refractivity contribution >= 4 is 5.91 Å². The first kappa shape index (κ1) is 10.7. The van der Waals surface area contributed by atoms with Crippen LogP contribution in [0.1, 0.15) is 23.3 Å². The molecule has 0 bridgehead atoms. The zero-order chi connectivity index (χ0) is 11.7. The van der Waals surface area contributed by atoms with E-state index in [2.05, 4.69) is 15.4 Å². The van der Waals surface area contributed by atoms with Gasteiger partial charge in [0.25, 0.3) is 5.91 Å². The van der Waals surface area contributed by atoms with Crippen molar-refractivity contribution in [3.8, 4) is 0 Å². The number of aromatic nitrogens is 3. The van der Waals surface area contributed by atoms with Gasteiger partial charge in [-0.15, -0.1) is 0 Å². The molecule has 0 radical (unpaired) electrons. The molecule has 2 aliphatic rings. The molecule has 1 spiro atoms. The minimum Gasteiger partial charge on any atom is -0.347 e. The van der Waals surface area contributed by atoms with E-state index in [1.165, 1.54) is 6.20 Å². The van der Waals surface area contributed by atoms with E-state index in [1.807, 2.05) is 0 Å². The summed E-state index contributed by atoms with van der Waals surface area (Å²) in [5.41, 5.74) is 0.356. The molecule has 92 valence electrons. The molecule has 2 aliphatic heterocycles. The van der Waals surface area contributed by atoms with Gasteiger partial charge in [-0.25, -0.2) is 0 Å². The average Bonchev–Trinajstić information content (AvgIpc) is 3.01. The lowest BCUT2D eigenvalue weighted by Gasteiger charge is -2.37. The van der Waals surface area contributed by atoms with Crippen LogP contribution in [-0.4, -0.2) is 58.3 Å². The minimum atomic E-state index is -0.444. The van der Waals surface area contributed by atoms with Crippen LogP contribution >= 0.6 is 0 Å². The number of ether oxygens (including phenoxy) is 2. The summed E-state index contributed by atoms with van der Waals surface area (Å²) in [6.45, 7) is 2.56. The number of hydrogen-bond acceptors (Lipinski definition) is 5. The van der Waals surface area contributed by atoms with Crippen molar-refractivity contribution in [2.24, 2.45) is 0 Å². The predicted octanol–water partition coefficient (Wildman–Crippen LogP) is -0.216. The maximum absolute atomic E-state index is 12.0. The fourth-order valence-electron chi connectivity index (χ4n) is 2.30. The highest BCUT2D eigenvalue weighted by Gasteiger charge is 2.41. The number of aromatic amines is 1. The summed E-state index contributed by atoms with van der Waals surface area (Å²) in [5.74, 6) is -0.535. The maximum Gasteiger partial charge on any atom is 0.276 e. The third-order valence-corrected chi connectivity index (χ3v) is 3.26. The molecule has 0 aliphatic carbocycles. The normalized spacial score (nSPS) is 23.2. The van der Waals surface area contributed by atoms with Crippen LogP contribution in [0, 0.1) is 0 Å². The highest BCUT2D eigenvalue weighted by Crippen LogP contribution is 2.31. The lowest BCUT2D eigenvalue weighted by Crippen LogP contribution is -2.47. The first-order chi connectivity index (χ1) is 8.29. The summed E-state index contributed by atoms with van der Waals surface area (Å²) < 4.78 is 11.2. The molecule has 3 heterocycles. The molecule has 17 heavy (non-hydrogen) atoms. The second kappa shape index (κ2) is 4.08. The van der Waals surface area contributed by atoms with E-state index >= 15 is 0 Å². The van der Waals surface area contributed by atoms with Gasteiger partial charge in [0, 0.05) is 25.9 Å². The first-order valence-corrected chi connectivity index (χ1v) is 5.72. The topological polar surface area (TPSA) is 80.3 Å². The molecule has 0 unspecified atom stereocenters. The molecule has 0 saturated carbocycles. The van der Waals surface area contributed by atoms with Crippen molar-refractivity contribution in [1.82, 2.24) is 20.3 Å². The fraction of sp³-hybridized carbons (Fsp3) is 0.700. The van der Waals surface area contributed by atoms with E-state index in [4.69, 9.17) is 9.47 Å². The van der Waals surface area contributed by atoms with Crippen LogP contribution in [0.3, 0.4) is 0 Å². The fourth-order valence-corrected chi connectivity index (χ4v) is 2.30. The number of carbonyl (C=O) groups excluding carboxylic acids is 1. The Bertz CT molecular complexity index is 390. The standard InChI is InChI=1S/C10H14N4O3/c15-9(8-7-11-13-12-8)14-3-1-10(2-4-14)16-5-6-17-10/h7H,1-6H2,(H,11,12,13). The number of likely N-dealkylation sites (tertiary alicyclic amines) is 1. The van der Waals surface area contributed by atoms with Crippen molar-refractivity contribution in [3.05, 3.63) is 11.9 Å². The molecule has 2 fully saturated rings. The number of piperidine rings is 1. The molecule has 1 aromatic heterocycles. The van der Waals surface area contributed by atoms with Gasteiger partial charge in [-0.1, -0.05) is 0 Å². The Hall–Kier alpha value is -1.47. The van der Waals surface area contributed by atoms with Gasteiger partial charge in [0.1, 0.15) is 0 Å². The zero-order valence-corrected chi connectivity index (χ0v) is 9.39. The van der Waals surface area contributed by atoms with Crippen LogP contribution in [-0.2, 0) is 9.47 Å². The lowest BCUT2D eigenvalue weighted by molar-refractivity contribution is -0.181. The number of nitrogens with zero attached hydrogens (tertiary/aromatic N) is 3. The minimum absolute atomic E-state index is 0.0911. The zero-order valence-electron chi connectivity index (χ0n) is 9.39. The van der Waals surface area contributed by atoms with Crippen LogP contribution in [0.25, 0.3) is 0 Å². The lowest BCUT2D eigenvalue weighted by atomic mass is 10.0. The summed E-state index contributed by atoms with van der Waals surface area (Å²) in [6.07, 6.45) is 2.88. The van der Waals surface area contributed by atoms with Crippen molar-refractivity contribution in [3.63, 3.8) is 0 Å². The SMILES string of the molecule is O=C(c1cn[nH]n1)N1CCC2(CC1)OCCO2. The molecular weight excluding hydrogens is 224 g/mol. The van der Waals surface area contributed by atoms with E-state index in [0.29, 0.717) is 32.0 Å². The summed E-state index contributed by atoms with van der Waals surface area (Å²) >= 11 is 0. The number of carbonyl (C=O) groups is 1. The highest BCUT2D eigenvalue weighted by atomic mass is 16.7. The van der Waals surface area contributed by atoms with Gasteiger partial charge in [-0.05, 0) is 0 Å². The number of hydrogen-bond donors (Lipinski definition) is 1. The van der Waals surface area contributed by atoms with Gasteiger partial charge in [0.15, 0.2) is 11.5 Å². The molecule has 7 heteroatoms. The molecule has 0 atom stereocenters. The van der Waals surface area contributed by atoms with Crippen molar-refractivity contribution in [2.75, 3.05) is 26.3 Å². The largest absolute Gasteiger partial charge is 0.347 e. The molecule has 2 saturated heterocycles. The number of amides is 1. The van der Waals surface area contributed by atoms with E-state index in [1.54, 1.807) is 4.90 Å². The van der Waals surface area contributed by atoms with Crippen molar-refractivity contribution in [1.29, 1.82) is 0 Å². The Morgan fingerprint density at radius 2 is 2.06 bits per heavy atom. The van der Waals surface area contributed by atoms with Crippen LogP contribution in [0.4, 0.5) is 0 Å². The molecular formula is C10H14N4O3. The maximum atomic E-state index is 12.0. The summed E-state index contributed by atoms with van der Waals surface area (Å²) in [5, 5.41) is 9.87. The third-order valence-electron chi connectivity index (χ3n) is 3.26. The van der Waals surface area contributed by atoms with E-state index < -0.39 is 5.79 Å². The van der Waals surface area contributed by atoms with Gasteiger partial charge in [0.2, 0.25) is 0 Å². The quantitative estimate of drug-likeness (QED) is 0.731. The monoisotopic (exact) mass is 238 g/mol.